The van der Waals surface area contributed by atoms with Crippen LogP contribution < -0.4 is 4.74 Å². The van der Waals surface area contributed by atoms with E-state index < -0.39 is 5.97 Å². The molecular formula is C20H13NO4. The maximum atomic E-state index is 11.1. The third-order valence-electron chi connectivity index (χ3n) is 3.94. The molecule has 0 bridgehead atoms. The molecule has 4 rings (SSSR count). The molecule has 3 aromatic carbocycles. The first-order valence-electron chi connectivity index (χ1n) is 7.64. The van der Waals surface area contributed by atoms with Gasteiger partial charge in [-0.2, -0.15) is 0 Å². The summed E-state index contributed by atoms with van der Waals surface area (Å²) in [5, 5.41) is 19.0. The number of aromatic hydroxyl groups is 1. The fourth-order valence-corrected chi connectivity index (χ4v) is 2.72. The zero-order valence-corrected chi connectivity index (χ0v) is 13.0. The molecule has 3 aromatic rings. The van der Waals surface area contributed by atoms with Gasteiger partial charge in [-0.05, 0) is 42.5 Å². The lowest BCUT2D eigenvalue weighted by Crippen LogP contribution is -2.05. The number of hydrogen-bond acceptors (Lipinski definition) is 4. The Hall–Kier alpha value is -3.60. The van der Waals surface area contributed by atoms with Crippen LogP contribution in [0.2, 0.25) is 0 Å². The van der Waals surface area contributed by atoms with Gasteiger partial charge in [0.25, 0.3) is 0 Å². The summed E-state index contributed by atoms with van der Waals surface area (Å²) < 4.78 is 5.95. The minimum Gasteiger partial charge on any atom is -0.508 e. The number of carboxylic acids is 1. The summed E-state index contributed by atoms with van der Waals surface area (Å²) in [5.41, 5.74) is 2.84. The smallest absolute Gasteiger partial charge is 0.335 e. The number of fused-ring (bicyclic) bond motifs is 2. The molecule has 0 atom stereocenters. The average molecular weight is 331 g/mol. The SMILES string of the molecule is O=C(O)c1ccc(C2=Nc3ccccc3Oc3ccc(O)cc32)cc1. The predicted octanol–water partition coefficient (Wildman–Crippen LogP) is 4.37. The number of nitrogens with zero attached hydrogens (tertiary/aromatic N) is 1. The Kier molecular flexibility index (Phi) is 3.47. The fourth-order valence-electron chi connectivity index (χ4n) is 2.72. The van der Waals surface area contributed by atoms with E-state index in [1.165, 1.54) is 12.1 Å². The highest BCUT2D eigenvalue weighted by Gasteiger charge is 2.20. The van der Waals surface area contributed by atoms with Crippen molar-refractivity contribution in [2.45, 2.75) is 0 Å². The Balaban J connectivity index is 1.93. The third-order valence-corrected chi connectivity index (χ3v) is 3.94. The number of rotatable bonds is 2. The molecule has 0 unspecified atom stereocenters. The van der Waals surface area contributed by atoms with Gasteiger partial charge in [-0.1, -0.05) is 24.3 Å². The van der Waals surface area contributed by atoms with Crippen LogP contribution in [-0.2, 0) is 0 Å². The Labute approximate surface area is 143 Å². The highest BCUT2D eigenvalue weighted by Crippen LogP contribution is 2.39. The summed E-state index contributed by atoms with van der Waals surface area (Å²) in [7, 11) is 0. The van der Waals surface area contributed by atoms with Crippen molar-refractivity contribution in [3.05, 3.63) is 83.4 Å². The molecule has 0 saturated heterocycles. The van der Waals surface area contributed by atoms with Gasteiger partial charge in [0, 0.05) is 11.1 Å². The zero-order chi connectivity index (χ0) is 17.4. The summed E-state index contributed by atoms with van der Waals surface area (Å²) in [6, 6.07) is 18.7. The molecular weight excluding hydrogens is 318 g/mol. The second-order valence-electron chi connectivity index (χ2n) is 5.59. The van der Waals surface area contributed by atoms with E-state index in [2.05, 4.69) is 0 Å². The van der Waals surface area contributed by atoms with Gasteiger partial charge in [0.2, 0.25) is 0 Å². The predicted molar refractivity (Wildman–Crippen MR) is 93.3 cm³/mol. The maximum Gasteiger partial charge on any atom is 0.335 e. The zero-order valence-electron chi connectivity index (χ0n) is 13.0. The number of para-hydroxylation sites is 2. The Morgan fingerprint density at radius 1 is 0.920 bits per heavy atom. The van der Waals surface area contributed by atoms with Gasteiger partial charge in [0.15, 0.2) is 5.75 Å². The normalized spacial score (nSPS) is 12.2. The lowest BCUT2D eigenvalue weighted by atomic mass is 10.00. The third kappa shape index (κ3) is 2.72. The molecule has 0 amide bonds. The topological polar surface area (TPSA) is 79.1 Å². The Bertz CT molecular complexity index is 1010. The highest BCUT2D eigenvalue weighted by atomic mass is 16.5. The molecule has 0 radical (unpaired) electrons. The van der Waals surface area contributed by atoms with Gasteiger partial charge >= 0.3 is 5.97 Å². The van der Waals surface area contributed by atoms with Crippen LogP contribution in [0.5, 0.6) is 17.2 Å². The summed E-state index contributed by atoms with van der Waals surface area (Å²) in [4.78, 5) is 15.8. The van der Waals surface area contributed by atoms with Crippen molar-refractivity contribution in [1.29, 1.82) is 0 Å². The van der Waals surface area contributed by atoms with Crippen LogP contribution in [0.4, 0.5) is 5.69 Å². The first-order chi connectivity index (χ1) is 12.1. The van der Waals surface area contributed by atoms with Gasteiger partial charge < -0.3 is 14.9 Å². The van der Waals surface area contributed by atoms with Crippen LogP contribution in [0.1, 0.15) is 21.5 Å². The largest absolute Gasteiger partial charge is 0.508 e. The van der Waals surface area contributed by atoms with Crippen LogP contribution >= 0.6 is 0 Å². The lowest BCUT2D eigenvalue weighted by molar-refractivity contribution is 0.0697. The molecule has 0 fully saturated rings. The van der Waals surface area contributed by atoms with Crippen LogP contribution in [0.25, 0.3) is 0 Å². The molecule has 0 spiro atoms. The van der Waals surface area contributed by atoms with Gasteiger partial charge in [-0.3, -0.25) is 0 Å². The van der Waals surface area contributed by atoms with Crippen molar-refractivity contribution >= 4 is 17.4 Å². The minimum absolute atomic E-state index is 0.100. The number of phenolic OH excluding ortho intramolecular Hbond substituents is 1. The number of aromatic carboxylic acids is 1. The first kappa shape index (κ1) is 15.0. The molecule has 5 heteroatoms. The molecule has 0 aliphatic carbocycles. The van der Waals surface area contributed by atoms with Crippen molar-refractivity contribution in [1.82, 2.24) is 0 Å². The fraction of sp³-hybridized carbons (Fsp3) is 0. The molecule has 0 saturated carbocycles. The molecule has 1 heterocycles. The van der Waals surface area contributed by atoms with E-state index in [0.29, 0.717) is 28.5 Å². The molecule has 1 aliphatic rings. The summed E-state index contributed by atoms with van der Waals surface area (Å²) in [6.45, 7) is 0. The molecule has 5 nitrogen and oxygen atoms in total. The van der Waals surface area contributed by atoms with Crippen LogP contribution in [0, 0.1) is 0 Å². The number of aliphatic imine (C=N–C) groups is 1. The molecule has 1 aliphatic heterocycles. The van der Waals surface area contributed by atoms with E-state index >= 15 is 0 Å². The van der Waals surface area contributed by atoms with E-state index in [1.54, 1.807) is 30.3 Å². The highest BCUT2D eigenvalue weighted by molar-refractivity contribution is 6.16. The van der Waals surface area contributed by atoms with Gasteiger partial charge in [-0.25, -0.2) is 9.79 Å². The number of hydrogen-bond donors (Lipinski definition) is 2. The quantitative estimate of drug-likeness (QED) is 0.572. The van der Waals surface area contributed by atoms with Crippen LogP contribution in [-0.4, -0.2) is 21.9 Å². The van der Waals surface area contributed by atoms with E-state index in [-0.39, 0.29) is 11.3 Å². The van der Waals surface area contributed by atoms with Crippen LogP contribution in [0.3, 0.4) is 0 Å². The second kappa shape index (κ2) is 5.79. The number of phenols is 1. The van der Waals surface area contributed by atoms with E-state index in [1.807, 2.05) is 24.3 Å². The monoisotopic (exact) mass is 331 g/mol. The molecule has 25 heavy (non-hydrogen) atoms. The van der Waals surface area contributed by atoms with Crippen molar-refractivity contribution in [2.24, 2.45) is 4.99 Å². The van der Waals surface area contributed by atoms with E-state index in [0.717, 1.165) is 5.56 Å². The average Bonchev–Trinajstić information content (AvgIpc) is 2.78. The summed E-state index contributed by atoms with van der Waals surface area (Å²) in [5.74, 6) is 0.305. The number of carboxylic acid groups (broad SMARTS) is 1. The minimum atomic E-state index is -0.985. The van der Waals surface area contributed by atoms with Crippen molar-refractivity contribution in [3.8, 4) is 17.2 Å². The summed E-state index contributed by atoms with van der Waals surface area (Å²) in [6.07, 6.45) is 0. The molecule has 122 valence electrons. The number of ether oxygens (including phenoxy) is 1. The first-order valence-corrected chi connectivity index (χ1v) is 7.64. The van der Waals surface area contributed by atoms with E-state index in [4.69, 9.17) is 14.8 Å². The Morgan fingerprint density at radius 2 is 1.68 bits per heavy atom. The lowest BCUT2D eigenvalue weighted by Gasteiger charge is -2.10. The maximum absolute atomic E-state index is 11.1. The van der Waals surface area contributed by atoms with Gasteiger partial charge in [0.05, 0.1) is 11.3 Å². The Morgan fingerprint density at radius 3 is 2.44 bits per heavy atom. The van der Waals surface area contributed by atoms with Crippen molar-refractivity contribution in [3.63, 3.8) is 0 Å². The van der Waals surface area contributed by atoms with Gasteiger partial charge in [0.1, 0.15) is 17.2 Å². The van der Waals surface area contributed by atoms with Crippen molar-refractivity contribution in [2.75, 3.05) is 0 Å². The van der Waals surface area contributed by atoms with Gasteiger partial charge in [-0.15, -0.1) is 0 Å². The number of benzene rings is 3. The van der Waals surface area contributed by atoms with E-state index in [9.17, 15) is 9.90 Å². The standard InChI is InChI=1S/C20H13NO4/c22-14-9-10-17-15(11-14)19(12-5-7-13(8-6-12)20(23)24)21-16-3-1-2-4-18(16)25-17/h1-11,22H,(H,23,24). The second-order valence-corrected chi connectivity index (χ2v) is 5.59. The number of carbonyl (C=O) groups is 1. The molecule has 2 N–H and O–H groups in total. The van der Waals surface area contributed by atoms with Crippen molar-refractivity contribution < 1.29 is 19.7 Å². The van der Waals surface area contributed by atoms with Crippen LogP contribution in [0.15, 0.2) is 71.7 Å². The summed E-state index contributed by atoms with van der Waals surface area (Å²) >= 11 is 0. The molecule has 0 aromatic heterocycles.